The summed E-state index contributed by atoms with van der Waals surface area (Å²) in [5.74, 6) is -0.267. The Bertz CT molecular complexity index is 1850. The number of para-hydroxylation sites is 2. The number of hydrogen-bond acceptors (Lipinski definition) is 7. The molecule has 0 radical (unpaired) electrons. The lowest BCUT2D eigenvalue weighted by Gasteiger charge is -2.38. The van der Waals surface area contributed by atoms with Gasteiger partial charge in [0.15, 0.2) is 6.29 Å². The summed E-state index contributed by atoms with van der Waals surface area (Å²) in [6, 6.07) is 31.8. The average Bonchev–Trinajstić information content (AvgIpc) is 3.28. The molecule has 1 fully saturated rings. The number of nitrogens with two attached hydrogens (primary N) is 1. The molecule has 1 saturated heterocycles. The van der Waals surface area contributed by atoms with Gasteiger partial charge in [0.2, 0.25) is 11.8 Å². The van der Waals surface area contributed by atoms with Crippen LogP contribution in [-0.4, -0.2) is 47.6 Å². The molecule has 0 aliphatic carbocycles. The molecule has 330 valence electrons. The Morgan fingerprint density at radius 2 is 1.30 bits per heavy atom. The van der Waals surface area contributed by atoms with Crippen molar-refractivity contribution in [3.8, 4) is 11.1 Å². The van der Waals surface area contributed by atoms with Crippen LogP contribution in [0, 0.1) is 0 Å². The van der Waals surface area contributed by atoms with Gasteiger partial charge < -0.3 is 35.8 Å². The van der Waals surface area contributed by atoms with Gasteiger partial charge in [-0.1, -0.05) is 163 Å². The minimum absolute atomic E-state index is 0.00232. The van der Waals surface area contributed by atoms with Gasteiger partial charge in [0.25, 0.3) is 0 Å². The number of benzene rings is 4. The first-order valence-electron chi connectivity index (χ1n) is 23.2. The van der Waals surface area contributed by atoms with Gasteiger partial charge in [0, 0.05) is 37.9 Å². The van der Waals surface area contributed by atoms with Crippen LogP contribution >= 0.6 is 0 Å². The zero-order valence-electron chi connectivity index (χ0n) is 36.9. The predicted molar refractivity (Wildman–Crippen MR) is 249 cm³/mol. The van der Waals surface area contributed by atoms with Crippen LogP contribution in [0.1, 0.15) is 151 Å². The Hall–Kier alpha value is -4.54. The van der Waals surface area contributed by atoms with Crippen LogP contribution in [0.25, 0.3) is 11.1 Å². The Balaban J connectivity index is 1.22. The molecule has 61 heavy (non-hydrogen) atoms. The lowest BCUT2D eigenvalue weighted by atomic mass is 9.97. The van der Waals surface area contributed by atoms with E-state index in [2.05, 4.69) is 71.8 Å². The number of amides is 2. The molecule has 0 saturated carbocycles. The monoisotopic (exact) mass is 833 g/mol. The fourth-order valence-corrected chi connectivity index (χ4v) is 8.14. The molecule has 1 heterocycles. The number of aliphatic hydroxyl groups is 1. The molecule has 5 rings (SSSR count). The van der Waals surface area contributed by atoms with E-state index in [0.29, 0.717) is 24.3 Å². The van der Waals surface area contributed by atoms with Gasteiger partial charge in [-0.25, -0.2) is 0 Å². The summed E-state index contributed by atoms with van der Waals surface area (Å²) in [6.07, 6.45) is 16.5. The van der Waals surface area contributed by atoms with Crippen molar-refractivity contribution in [2.75, 3.05) is 30.7 Å². The fraction of sp³-hybridized carbons (Fsp3) is 0.500. The summed E-state index contributed by atoms with van der Waals surface area (Å²) in [7, 11) is 0. The minimum atomic E-state index is -0.526. The van der Waals surface area contributed by atoms with Gasteiger partial charge in [-0.3, -0.25) is 9.59 Å². The van der Waals surface area contributed by atoms with Gasteiger partial charge in [0.05, 0.1) is 30.2 Å². The zero-order valence-corrected chi connectivity index (χ0v) is 36.9. The summed E-state index contributed by atoms with van der Waals surface area (Å²) in [4.78, 5) is 27.9. The second kappa shape index (κ2) is 26.7. The van der Waals surface area contributed by atoms with Crippen molar-refractivity contribution in [2.24, 2.45) is 0 Å². The molecular formula is C52H72N4O5. The number of aliphatic hydroxyl groups excluding tert-OH is 1. The average molecular weight is 833 g/mol. The number of nitrogens with one attached hydrogen (secondary N) is 2. The number of anilines is 2. The van der Waals surface area contributed by atoms with Crippen LogP contribution in [-0.2, 0) is 32.2 Å². The Morgan fingerprint density at radius 3 is 1.97 bits per heavy atom. The van der Waals surface area contributed by atoms with Crippen molar-refractivity contribution < 1.29 is 24.2 Å². The van der Waals surface area contributed by atoms with Crippen molar-refractivity contribution in [3.05, 3.63) is 119 Å². The molecular weight excluding hydrogens is 761 g/mol. The normalized spacial score (nSPS) is 16.4. The van der Waals surface area contributed by atoms with Crippen molar-refractivity contribution in [2.45, 2.75) is 148 Å². The minimum Gasteiger partial charge on any atom is -0.397 e. The molecule has 1 aliphatic heterocycles. The van der Waals surface area contributed by atoms with Crippen molar-refractivity contribution in [3.63, 3.8) is 0 Å². The maximum Gasteiger partial charge on any atom is 0.224 e. The van der Waals surface area contributed by atoms with Gasteiger partial charge in [0.1, 0.15) is 0 Å². The van der Waals surface area contributed by atoms with E-state index in [1.807, 2.05) is 42.5 Å². The zero-order chi connectivity index (χ0) is 43.1. The van der Waals surface area contributed by atoms with Crippen LogP contribution < -0.4 is 16.4 Å². The van der Waals surface area contributed by atoms with E-state index in [-0.39, 0.29) is 43.5 Å². The fourth-order valence-electron chi connectivity index (χ4n) is 8.14. The maximum absolute atomic E-state index is 12.8. The molecule has 0 bridgehead atoms. The molecule has 3 unspecified atom stereocenters. The third kappa shape index (κ3) is 16.4. The third-order valence-corrected chi connectivity index (χ3v) is 11.8. The highest BCUT2D eigenvalue weighted by atomic mass is 16.7. The van der Waals surface area contributed by atoms with Crippen molar-refractivity contribution >= 4 is 23.2 Å². The molecule has 4 aromatic carbocycles. The molecule has 0 aromatic heterocycles. The molecule has 9 nitrogen and oxygen atoms in total. The van der Waals surface area contributed by atoms with Crippen LogP contribution in [0.3, 0.4) is 0 Å². The predicted octanol–water partition coefficient (Wildman–Crippen LogP) is 11.4. The smallest absolute Gasteiger partial charge is 0.224 e. The number of hydrogen-bond donors (Lipinski definition) is 4. The number of carbonyl (C=O) groups excluding carboxylic acids is 2. The topological polar surface area (TPSA) is 126 Å². The molecule has 9 heteroatoms. The number of unbranched alkanes of at least 4 members (excludes halogenated alkanes) is 10. The summed E-state index contributed by atoms with van der Waals surface area (Å²) in [5.41, 5.74) is 13.1. The van der Waals surface area contributed by atoms with Gasteiger partial charge >= 0.3 is 0 Å². The number of ether oxygens (including phenoxy) is 2. The lowest BCUT2D eigenvalue weighted by Crippen LogP contribution is -2.40. The van der Waals surface area contributed by atoms with Crippen LogP contribution in [0.15, 0.2) is 97.1 Å². The van der Waals surface area contributed by atoms with E-state index < -0.39 is 6.29 Å². The van der Waals surface area contributed by atoms with Crippen LogP contribution in [0.4, 0.5) is 11.4 Å². The highest BCUT2D eigenvalue weighted by Crippen LogP contribution is 2.39. The van der Waals surface area contributed by atoms with Crippen molar-refractivity contribution in [1.29, 1.82) is 0 Å². The molecule has 0 spiro atoms. The van der Waals surface area contributed by atoms with E-state index >= 15 is 0 Å². The first-order chi connectivity index (χ1) is 29.9. The van der Waals surface area contributed by atoms with Crippen LogP contribution in [0.5, 0.6) is 0 Å². The molecule has 1 aliphatic rings. The first kappa shape index (κ1) is 47.5. The van der Waals surface area contributed by atoms with Gasteiger partial charge in [-0.2, -0.15) is 0 Å². The summed E-state index contributed by atoms with van der Waals surface area (Å²) < 4.78 is 13.6. The number of nitrogens with zero attached hydrogens (tertiary/aromatic N) is 1. The molecule has 5 N–H and O–H groups in total. The van der Waals surface area contributed by atoms with Crippen LogP contribution in [0.2, 0.25) is 0 Å². The highest BCUT2D eigenvalue weighted by Gasteiger charge is 2.33. The van der Waals surface area contributed by atoms with E-state index in [1.165, 1.54) is 77.0 Å². The van der Waals surface area contributed by atoms with Gasteiger partial charge in [-0.05, 0) is 72.3 Å². The summed E-state index contributed by atoms with van der Waals surface area (Å²) >= 11 is 0. The number of rotatable bonds is 27. The molecule has 2 amide bonds. The summed E-state index contributed by atoms with van der Waals surface area (Å²) in [6.45, 7) is 8.01. The van der Waals surface area contributed by atoms with E-state index in [4.69, 9.17) is 15.2 Å². The quantitative estimate of drug-likeness (QED) is 0.0348. The number of nitrogen functional groups attached to an aromatic ring is 1. The number of carbonyl (C=O) groups is 2. The lowest BCUT2D eigenvalue weighted by molar-refractivity contribution is -0.253. The SMILES string of the molecule is CCCCCCCCN(CCCCCCCC)CC1CC(c2ccc(CO)cc2)OC(c2ccc(-c3ccccc3CNC(=O)CCCC(=O)Nc3ccccc3N)cc2)O1. The standard InChI is InChI=1S/C52H72N4O5/c1-3-5-7-9-11-17-34-56(35-18-12-10-8-6-4-2)38-45-36-49(42-28-26-40(39-57)27-29-42)61-52(60-45)43-32-30-41(31-33-43)46-21-14-13-20-44(46)37-54-50(58)24-19-25-51(59)55-48-23-16-15-22-47(48)53/h13-16,20-23,26-33,45,49,52,57H,3-12,17-19,24-25,34-39,53H2,1-2H3,(H,54,58)(H,55,59). The summed E-state index contributed by atoms with van der Waals surface area (Å²) in [5, 5.41) is 15.6. The largest absolute Gasteiger partial charge is 0.397 e. The van der Waals surface area contributed by atoms with E-state index in [9.17, 15) is 14.7 Å². The Morgan fingerprint density at radius 1 is 0.689 bits per heavy atom. The Kier molecular flexibility index (Phi) is 20.8. The van der Waals surface area contributed by atoms with E-state index in [0.717, 1.165) is 59.4 Å². The second-order valence-electron chi connectivity index (χ2n) is 16.7. The van der Waals surface area contributed by atoms with Crippen molar-refractivity contribution in [1.82, 2.24) is 10.2 Å². The maximum atomic E-state index is 12.8. The second-order valence-corrected chi connectivity index (χ2v) is 16.7. The van der Waals surface area contributed by atoms with E-state index in [1.54, 1.807) is 12.1 Å². The molecule has 3 atom stereocenters. The third-order valence-electron chi connectivity index (χ3n) is 11.8. The first-order valence-corrected chi connectivity index (χ1v) is 23.2. The van der Waals surface area contributed by atoms with Gasteiger partial charge in [-0.15, -0.1) is 0 Å². The highest BCUT2D eigenvalue weighted by molar-refractivity contribution is 5.94. The molecule has 4 aromatic rings. The Labute approximate surface area is 365 Å².